The van der Waals surface area contributed by atoms with Crippen molar-refractivity contribution < 1.29 is 9.47 Å². The van der Waals surface area contributed by atoms with Gasteiger partial charge in [0.25, 0.3) is 0 Å². The summed E-state index contributed by atoms with van der Waals surface area (Å²) >= 11 is 0. The number of hydrogen-bond donors (Lipinski definition) is 1. The number of likely N-dealkylation sites (N-methyl/N-ethyl adjacent to an activating group) is 1. The molecule has 0 unspecified atom stereocenters. The monoisotopic (exact) mass is 347 g/mol. The molecule has 1 rings (SSSR count). The fraction of sp³-hybridized carbons (Fsp3) is 0.895. The van der Waals surface area contributed by atoms with Gasteiger partial charge < -0.3 is 14.8 Å². The maximum Gasteiger partial charge on any atom is 0.0594 e. The van der Waals surface area contributed by atoms with Crippen molar-refractivity contribution in [1.82, 2.24) is 15.1 Å². The van der Waals surface area contributed by atoms with Gasteiger partial charge in [-0.3, -0.25) is 9.80 Å². The van der Waals surface area contributed by atoms with Crippen LogP contribution in [0.25, 0.3) is 0 Å². The molecule has 0 bridgehead atoms. The van der Waals surface area contributed by atoms with Crippen molar-refractivity contribution in [2.24, 2.45) is 0 Å². The first-order valence-corrected chi connectivity index (χ1v) is 9.61. The molecule has 0 atom stereocenters. The zero-order chi connectivity index (χ0) is 19.1. The molecule has 1 fully saturated rings. The van der Waals surface area contributed by atoms with E-state index in [0.29, 0.717) is 0 Å². The van der Waals surface area contributed by atoms with Gasteiger partial charge in [0.05, 0.1) is 19.8 Å². The van der Waals surface area contributed by atoms with Crippen molar-refractivity contribution in [1.29, 1.82) is 0 Å². The van der Waals surface area contributed by atoms with E-state index in [2.05, 4.69) is 28.3 Å². The summed E-state index contributed by atoms with van der Waals surface area (Å²) in [5.41, 5.74) is 0. The molecule has 0 radical (unpaired) electrons. The Bertz CT molecular complexity index is 199. The normalized spacial score (nSPS) is 14.4. The van der Waals surface area contributed by atoms with E-state index in [1.165, 1.54) is 0 Å². The highest BCUT2D eigenvalue weighted by molar-refractivity contribution is 4.71. The molecule has 1 aliphatic heterocycles. The molecule has 0 amide bonds. The SMILES string of the molecule is C=C.CC.CC.CCOCCN1CCN(CCOCCNC)CC1. The minimum Gasteiger partial charge on any atom is -0.380 e. The molecule has 5 heteroatoms. The molecular formula is C19H45N3O2. The zero-order valence-corrected chi connectivity index (χ0v) is 17.4. The van der Waals surface area contributed by atoms with Gasteiger partial charge in [0.1, 0.15) is 0 Å². The summed E-state index contributed by atoms with van der Waals surface area (Å²) in [6.45, 7) is 27.1. The maximum absolute atomic E-state index is 5.55. The van der Waals surface area contributed by atoms with Gasteiger partial charge in [0.2, 0.25) is 0 Å². The molecule has 0 spiro atoms. The van der Waals surface area contributed by atoms with Crippen LogP contribution >= 0.6 is 0 Å². The smallest absolute Gasteiger partial charge is 0.0594 e. The van der Waals surface area contributed by atoms with Crippen LogP contribution in [0.15, 0.2) is 13.2 Å². The van der Waals surface area contributed by atoms with Crippen LogP contribution < -0.4 is 5.32 Å². The second kappa shape index (κ2) is 27.4. The van der Waals surface area contributed by atoms with Crippen LogP contribution in [0.5, 0.6) is 0 Å². The molecule has 1 saturated heterocycles. The van der Waals surface area contributed by atoms with Crippen LogP contribution in [-0.2, 0) is 9.47 Å². The van der Waals surface area contributed by atoms with Crippen LogP contribution in [0.1, 0.15) is 34.6 Å². The van der Waals surface area contributed by atoms with E-state index in [4.69, 9.17) is 9.47 Å². The molecule has 1 aliphatic rings. The van der Waals surface area contributed by atoms with Crippen molar-refractivity contribution in [3.8, 4) is 0 Å². The van der Waals surface area contributed by atoms with Gasteiger partial charge in [0.15, 0.2) is 0 Å². The van der Waals surface area contributed by atoms with Crippen molar-refractivity contribution >= 4 is 0 Å². The summed E-state index contributed by atoms with van der Waals surface area (Å²) in [4.78, 5) is 4.96. The highest BCUT2D eigenvalue weighted by Gasteiger charge is 2.15. The number of ether oxygens (including phenoxy) is 2. The highest BCUT2D eigenvalue weighted by Crippen LogP contribution is 2.01. The Kier molecular flexibility index (Phi) is 32.4. The second-order valence-corrected chi connectivity index (χ2v) is 4.60. The Morgan fingerprint density at radius 3 is 1.58 bits per heavy atom. The van der Waals surface area contributed by atoms with E-state index in [-0.39, 0.29) is 0 Å². The molecule has 0 aromatic rings. The molecule has 148 valence electrons. The lowest BCUT2D eigenvalue weighted by Gasteiger charge is -2.34. The van der Waals surface area contributed by atoms with Crippen LogP contribution in [-0.4, -0.2) is 89.1 Å². The van der Waals surface area contributed by atoms with Gasteiger partial charge in [-0.15, -0.1) is 13.2 Å². The molecule has 1 N–H and O–H groups in total. The minimum absolute atomic E-state index is 0.810. The highest BCUT2D eigenvalue weighted by atomic mass is 16.5. The van der Waals surface area contributed by atoms with Crippen LogP contribution in [0, 0.1) is 0 Å². The third-order valence-electron chi connectivity index (χ3n) is 3.27. The number of piperazine rings is 1. The predicted molar refractivity (Wildman–Crippen MR) is 108 cm³/mol. The first kappa shape index (κ1) is 28.3. The predicted octanol–water partition coefficient (Wildman–Crippen LogP) is 2.73. The number of nitrogens with zero attached hydrogens (tertiary/aromatic N) is 2. The molecule has 5 nitrogen and oxygen atoms in total. The molecular weight excluding hydrogens is 302 g/mol. The maximum atomic E-state index is 5.55. The van der Waals surface area contributed by atoms with Gasteiger partial charge in [-0.05, 0) is 14.0 Å². The lowest BCUT2D eigenvalue weighted by molar-refractivity contribution is 0.0600. The third-order valence-corrected chi connectivity index (χ3v) is 3.27. The fourth-order valence-electron chi connectivity index (χ4n) is 2.04. The Hall–Kier alpha value is -0.460. The van der Waals surface area contributed by atoms with Gasteiger partial charge in [-0.2, -0.15) is 0 Å². The molecule has 24 heavy (non-hydrogen) atoms. The summed E-state index contributed by atoms with van der Waals surface area (Å²) in [5.74, 6) is 0. The zero-order valence-electron chi connectivity index (χ0n) is 17.4. The van der Waals surface area contributed by atoms with E-state index < -0.39 is 0 Å². The van der Waals surface area contributed by atoms with Crippen molar-refractivity contribution in [3.63, 3.8) is 0 Å². The lowest BCUT2D eigenvalue weighted by atomic mass is 10.3. The van der Waals surface area contributed by atoms with E-state index >= 15 is 0 Å². The first-order valence-electron chi connectivity index (χ1n) is 9.61. The summed E-state index contributed by atoms with van der Waals surface area (Å²) in [5, 5.41) is 3.08. The molecule has 1 heterocycles. The molecule has 0 aliphatic carbocycles. The van der Waals surface area contributed by atoms with Crippen molar-refractivity contribution in [3.05, 3.63) is 13.2 Å². The van der Waals surface area contributed by atoms with Crippen LogP contribution in [0.4, 0.5) is 0 Å². The van der Waals surface area contributed by atoms with Crippen molar-refractivity contribution in [2.45, 2.75) is 34.6 Å². The van der Waals surface area contributed by atoms with E-state index in [1.807, 2.05) is 41.7 Å². The van der Waals surface area contributed by atoms with Crippen LogP contribution in [0.3, 0.4) is 0 Å². The van der Waals surface area contributed by atoms with Crippen molar-refractivity contribution in [2.75, 3.05) is 79.3 Å². The third kappa shape index (κ3) is 19.6. The Balaban J connectivity index is -0.000000659. The lowest BCUT2D eigenvalue weighted by Crippen LogP contribution is -2.48. The average Bonchev–Trinajstić information content (AvgIpc) is 2.68. The number of hydrogen-bond acceptors (Lipinski definition) is 5. The Morgan fingerprint density at radius 1 is 0.792 bits per heavy atom. The second-order valence-electron chi connectivity index (χ2n) is 4.60. The quantitative estimate of drug-likeness (QED) is 0.486. The first-order chi connectivity index (χ1) is 11.9. The minimum atomic E-state index is 0.810. The summed E-state index contributed by atoms with van der Waals surface area (Å²) in [6.07, 6.45) is 0. The van der Waals surface area contributed by atoms with Gasteiger partial charge in [-0.1, -0.05) is 27.7 Å². The molecule has 0 saturated carbocycles. The Morgan fingerprint density at radius 2 is 1.21 bits per heavy atom. The van der Waals surface area contributed by atoms with Gasteiger partial charge >= 0.3 is 0 Å². The van der Waals surface area contributed by atoms with Crippen LogP contribution in [0.2, 0.25) is 0 Å². The summed E-state index contributed by atoms with van der Waals surface area (Å²) in [6, 6.07) is 0. The van der Waals surface area contributed by atoms with Gasteiger partial charge in [-0.25, -0.2) is 0 Å². The topological polar surface area (TPSA) is 37.0 Å². The molecule has 0 aromatic heterocycles. The molecule has 0 aromatic carbocycles. The van der Waals surface area contributed by atoms with Gasteiger partial charge in [0, 0.05) is 52.4 Å². The standard InChI is InChI=1S/C13H29N3O2.2C2H6.C2H4/c1-3-17-12-9-15-5-7-16(8-6-15)10-13-18-11-4-14-2;3*1-2/h14H,3-13H2,1-2H3;2*1-2H3;1-2H2. The summed E-state index contributed by atoms with van der Waals surface area (Å²) in [7, 11) is 1.95. The fourth-order valence-corrected chi connectivity index (χ4v) is 2.04. The van der Waals surface area contributed by atoms with E-state index in [9.17, 15) is 0 Å². The Labute approximate surface area is 152 Å². The number of nitrogens with one attached hydrogen (secondary N) is 1. The van der Waals surface area contributed by atoms with E-state index in [0.717, 1.165) is 72.2 Å². The summed E-state index contributed by atoms with van der Waals surface area (Å²) < 4.78 is 10.9. The van der Waals surface area contributed by atoms with E-state index in [1.54, 1.807) is 0 Å². The average molecular weight is 348 g/mol. The largest absolute Gasteiger partial charge is 0.380 e. The number of rotatable bonds is 10.